The molecule has 1 aromatic carbocycles. The second-order valence-electron chi connectivity index (χ2n) is 6.31. The Morgan fingerprint density at radius 1 is 1.26 bits per heavy atom. The average Bonchev–Trinajstić information content (AvgIpc) is 3.20. The monoisotopic (exact) mass is 328 g/mol. The van der Waals surface area contributed by atoms with Gasteiger partial charge in [-0.25, -0.2) is 4.98 Å². The Morgan fingerprint density at radius 3 is 2.65 bits per heavy atom. The van der Waals surface area contributed by atoms with E-state index in [1.165, 1.54) is 23.3 Å². The van der Waals surface area contributed by atoms with E-state index in [-0.39, 0.29) is 0 Å². The van der Waals surface area contributed by atoms with Crippen molar-refractivity contribution in [2.75, 3.05) is 13.6 Å². The molecule has 23 heavy (non-hydrogen) atoms. The number of guanidine groups is 1. The molecule has 0 saturated heterocycles. The Hall–Kier alpha value is -1.88. The van der Waals surface area contributed by atoms with E-state index in [9.17, 15) is 0 Å². The van der Waals surface area contributed by atoms with E-state index >= 15 is 0 Å². The predicted molar refractivity (Wildman–Crippen MR) is 96.9 cm³/mol. The highest BCUT2D eigenvalue weighted by molar-refractivity contribution is 7.11. The lowest BCUT2D eigenvalue weighted by Crippen LogP contribution is -2.40. The highest BCUT2D eigenvalue weighted by atomic mass is 32.1. The van der Waals surface area contributed by atoms with Gasteiger partial charge in [-0.15, -0.1) is 11.3 Å². The Morgan fingerprint density at radius 2 is 2.04 bits per heavy atom. The van der Waals surface area contributed by atoms with Crippen molar-refractivity contribution >= 4 is 17.3 Å². The summed E-state index contributed by atoms with van der Waals surface area (Å²) in [7, 11) is 1.82. The standard InChI is InChI=1S/C18H24N4S/c1-14-11-20-16(23-14)12-21-17(19-2)22-13-18(8-9-18)10-15-6-4-3-5-7-15/h3-7,11H,8-10,12-13H2,1-2H3,(H2,19,21,22). The van der Waals surface area contributed by atoms with Crippen LogP contribution in [0.25, 0.3) is 0 Å². The molecule has 5 heteroatoms. The fourth-order valence-corrected chi connectivity index (χ4v) is 3.48. The smallest absolute Gasteiger partial charge is 0.191 e. The maximum absolute atomic E-state index is 4.37. The van der Waals surface area contributed by atoms with Crippen LogP contribution in [-0.4, -0.2) is 24.5 Å². The third-order valence-electron chi connectivity index (χ3n) is 4.31. The quantitative estimate of drug-likeness (QED) is 0.633. The summed E-state index contributed by atoms with van der Waals surface area (Å²) >= 11 is 1.72. The predicted octanol–water partition coefficient (Wildman–Crippen LogP) is 3.14. The van der Waals surface area contributed by atoms with E-state index in [4.69, 9.17) is 0 Å². The van der Waals surface area contributed by atoms with Gasteiger partial charge in [0.1, 0.15) is 5.01 Å². The number of hydrogen-bond donors (Lipinski definition) is 2. The van der Waals surface area contributed by atoms with Crippen LogP contribution in [0.15, 0.2) is 41.5 Å². The summed E-state index contributed by atoms with van der Waals surface area (Å²) in [6, 6.07) is 10.8. The van der Waals surface area contributed by atoms with E-state index in [1.807, 2.05) is 13.2 Å². The van der Waals surface area contributed by atoms with Crippen LogP contribution in [-0.2, 0) is 13.0 Å². The van der Waals surface area contributed by atoms with Crippen LogP contribution in [0, 0.1) is 12.3 Å². The van der Waals surface area contributed by atoms with Crippen molar-refractivity contribution in [3.8, 4) is 0 Å². The first-order valence-corrected chi connectivity index (χ1v) is 8.91. The minimum atomic E-state index is 0.400. The largest absolute Gasteiger partial charge is 0.356 e. The van der Waals surface area contributed by atoms with Crippen LogP contribution in [0.5, 0.6) is 0 Å². The molecular weight excluding hydrogens is 304 g/mol. The fraction of sp³-hybridized carbons (Fsp3) is 0.444. The topological polar surface area (TPSA) is 49.3 Å². The van der Waals surface area contributed by atoms with E-state index in [0.717, 1.165) is 30.5 Å². The van der Waals surface area contributed by atoms with Gasteiger partial charge in [0.15, 0.2) is 5.96 Å². The van der Waals surface area contributed by atoms with Gasteiger partial charge < -0.3 is 10.6 Å². The number of thiazole rings is 1. The number of benzene rings is 1. The highest BCUT2D eigenvalue weighted by Gasteiger charge is 2.42. The zero-order chi connectivity index (χ0) is 16.1. The summed E-state index contributed by atoms with van der Waals surface area (Å²) in [5, 5.41) is 7.93. The van der Waals surface area contributed by atoms with Crippen LogP contribution in [0.2, 0.25) is 0 Å². The molecule has 0 radical (unpaired) electrons. The van der Waals surface area contributed by atoms with E-state index < -0.39 is 0 Å². The minimum Gasteiger partial charge on any atom is -0.356 e. The molecule has 0 atom stereocenters. The third kappa shape index (κ3) is 4.55. The summed E-state index contributed by atoms with van der Waals surface area (Å²) in [6.07, 6.45) is 5.63. The third-order valence-corrected chi connectivity index (χ3v) is 5.22. The second-order valence-corrected chi connectivity index (χ2v) is 7.63. The first kappa shape index (κ1) is 16.0. The number of aromatic nitrogens is 1. The lowest BCUT2D eigenvalue weighted by atomic mass is 9.96. The van der Waals surface area contributed by atoms with E-state index in [2.05, 4.69) is 57.9 Å². The average molecular weight is 328 g/mol. The van der Waals surface area contributed by atoms with Crippen LogP contribution in [0.3, 0.4) is 0 Å². The van der Waals surface area contributed by atoms with Crippen molar-refractivity contribution in [1.29, 1.82) is 0 Å². The molecular formula is C18H24N4S. The van der Waals surface area contributed by atoms with Gasteiger partial charge in [-0.05, 0) is 37.2 Å². The highest BCUT2D eigenvalue weighted by Crippen LogP contribution is 2.47. The number of nitrogens with zero attached hydrogens (tertiary/aromatic N) is 2. The molecule has 0 amide bonds. The molecule has 2 N–H and O–H groups in total. The molecule has 1 fully saturated rings. The number of aryl methyl sites for hydroxylation is 1. The molecule has 1 aromatic heterocycles. The van der Waals surface area contributed by atoms with Gasteiger partial charge in [-0.3, -0.25) is 4.99 Å². The molecule has 122 valence electrons. The SMILES string of the molecule is CN=C(NCc1ncc(C)s1)NCC1(Cc2ccccc2)CC1. The Kier molecular flexibility index (Phi) is 4.96. The van der Waals surface area contributed by atoms with E-state index in [0.29, 0.717) is 5.41 Å². The maximum atomic E-state index is 4.37. The summed E-state index contributed by atoms with van der Waals surface area (Å²) in [5.74, 6) is 0.859. The van der Waals surface area contributed by atoms with Crippen LogP contribution in [0.1, 0.15) is 28.3 Å². The zero-order valence-electron chi connectivity index (χ0n) is 13.8. The van der Waals surface area contributed by atoms with Crippen LogP contribution in [0.4, 0.5) is 0 Å². The van der Waals surface area contributed by atoms with Gasteiger partial charge in [-0.2, -0.15) is 0 Å². The van der Waals surface area contributed by atoms with Gasteiger partial charge in [0, 0.05) is 24.7 Å². The molecule has 1 saturated carbocycles. The van der Waals surface area contributed by atoms with Crippen LogP contribution < -0.4 is 10.6 Å². The molecule has 1 heterocycles. The lowest BCUT2D eigenvalue weighted by Gasteiger charge is -2.18. The summed E-state index contributed by atoms with van der Waals surface area (Å²) in [5.41, 5.74) is 1.82. The number of nitrogens with one attached hydrogen (secondary N) is 2. The van der Waals surface area contributed by atoms with E-state index in [1.54, 1.807) is 11.3 Å². The molecule has 0 aliphatic heterocycles. The molecule has 0 bridgehead atoms. The minimum absolute atomic E-state index is 0.400. The summed E-state index contributed by atoms with van der Waals surface area (Å²) < 4.78 is 0. The van der Waals surface area contributed by atoms with Crippen molar-refractivity contribution in [2.24, 2.45) is 10.4 Å². The van der Waals surface area contributed by atoms with Gasteiger partial charge >= 0.3 is 0 Å². The van der Waals surface area contributed by atoms with Gasteiger partial charge in [0.25, 0.3) is 0 Å². The first-order valence-electron chi connectivity index (χ1n) is 8.09. The second kappa shape index (κ2) is 7.13. The van der Waals surface area contributed by atoms with Crippen molar-refractivity contribution in [3.63, 3.8) is 0 Å². The number of hydrogen-bond acceptors (Lipinski definition) is 3. The van der Waals surface area contributed by atoms with Crippen molar-refractivity contribution in [1.82, 2.24) is 15.6 Å². The van der Waals surface area contributed by atoms with Gasteiger partial charge in [0.05, 0.1) is 6.54 Å². The van der Waals surface area contributed by atoms with Gasteiger partial charge in [-0.1, -0.05) is 30.3 Å². The van der Waals surface area contributed by atoms with Crippen molar-refractivity contribution in [3.05, 3.63) is 52.0 Å². The Bertz CT molecular complexity index is 659. The molecule has 1 aliphatic rings. The Labute approximate surface area is 142 Å². The summed E-state index contributed by atoms with van der Waals surface area (Å²) in [4.78, 5) is 9.93. The molecule has 1 aliphatic carbocycles. The zero-order valence-corrected chi connectivity index (χ0v) is 14.6. The molecule has 2 aromatic rings. The number of aliphatic imine (C=N–C) groups is 1. The van der Waals surface area contributed by atoms with Crippen molar-refractivity contribution in [2.45, 2.75) is 32.7 Å². The molecule has 0 unspecified atom stereocenters. The normalized spacial score (nSPS) is 16.2. The van der Waals surface area contributed by atoms with Crippen LogP contribution >= 0.6 is 11.3 Å². The maximum Gasteiger partial charge on any atom is 0.191 e. The summed E-state index contributed by atoms with van der Waals surface area (Å²) in [6.45, 7) is 3.77. The molecule has 4 nitrogen and oxygen atoms in total. The lowest BCUT2D eigenvalue weighted by molar-refractivity contribution is 0.492. The molecule has 0 spiro atoms. The van der Waals surface area contributed by atoms with Crippen molar-refractivity contribution < 1.29 is 0 Å². The Balaban J connectivity index is 1.48. The first-order chi connectivity index (χ1) is 11.2. The fourth-order valence-electron chi connectivity index (χ4n) is 2.76. The van der Waals surface area contributed by atoms with Gasteiger partial charge in [0.2, 0.25) is 0 Å². The molecule has 3 rings (SSSR count). The number of rotatable bonds is 6.